The molecule has 0 unspecified atom stereocenters. The molecule has 148 valence electrons. The summed E-state index contributed by atoms with van der Waals surface area (Å²) in [6.45, 7) is 8.12. The van der Waals surface area contributed by atoms with Gasteiger partial charge in [-0.25, -0.2) is 0 Å². The minimum Gasteiger partial charge on any atom is -0.357 e. The predicted octanol–water partition coefficient (Wildman–Crippen LogP) is 3.45. The van der Waals surface area contributed by atoms with Crippen molar-refractivity contribution in [3.63, 3.8) is 0 Å². The third kappa shape index (κ3) is 6.81. The normalized spacial score (nSPS) is 16.7. The molecule has 0 spiro atoms. The maximum absolute atomic E-state index is 12.4. The topological polar surface area (TPSA) is 52.7 Å². The maximum atomic E-state index is 12.4. The van der Waals surface area contributed by atoms with Crippen LogP contribution in [0.1, 0.15) is 30.9 Å². The molecular weight excluding hydrogens is 378 g/mol. The van der Waals surface area contributed by atoms with Crippen LogP contribution >= 0.6 is 24.0 Å². The van der Waals surface area contributed by atoms with Gasteiger partial charge in [-0.05, 0) is 49.8 Å². The number of likely N-dealkylation sites (tertiary alicyclic amines) is 1. The minimum absolute atomic E-state index is 0.0281. The Bertz CT molecular complexity index is 708. The first-order valence-electron chi connectivity index (χ1n) is 9.29. The maximum Gasteiger partial charge on any atom is 0.243 e. The number of nitrogens with one attached hydrogen (secondary N) is 1. The second-order valence-corrected chi connectivity index (χ2v) is 8.97. The lowest BCUT2D eigenvalue weighted by molar-refractivity contribution is -0.131. The van der Waals surface area contributed by atoms with Gasteiger partial charge in [0.1, 0.15) is 4.32 Å². The molecule has 7 heteroatoms. The summed E-state index contributed by atoms with van der Waals surface area (Å²) in [6.07, 6.45) is 2.38. The van der Waals surface area contributed by atoms with Gasteiger partial charge in [-0.3, -0.25) is 9.59 Å². The number of hydrogen-bond donors (Lipinski definition) is 1. The first kappa shape index (κ1) is 21.7. The van der Waals surface area contributed by atoms with Crippen molar-refractivity contribution in [2.45, 2.75) is 33.6 Å². The number of rotatable bonds is 5. The highest BCUT2D eigenvalue weighted by atomic mass is 32.2. The zero-order chi connectivity index (χ0) is 20.0. The lowest BCUT2D eigenvalue weighted by Crippen LogP contribution is -2.39. The van der Waals surface area contributed by atoms with E-state index in [4.69, 9.17) is 12.2 Å². The molecule has 5 nitrogen and oxygen atoms in total. The van der Waals surface area contributed by atoms with Crippen LogP contribution in [0.3, 0.4) is 0 Å². The average molecular weight is 408 g/mol. The van der Waals surface area contributed by atoms with E-state index >= 15 is 0 Å². The van der Waals surface area contributed by atoms with E-state index in [1.807, 2.05) is 32.0 Å². The Kier molecular flexibility index (Phi) is 8.10. The monoisotopic (exact) mass is 407 g/mol. The van der Waals surface area contributed by atoms with Gasteiger partial charge < -0.3 is 15.1 Å². The summed E-state index contributed by atoms with van der Waals surface area (Å²) in [5.41, 5.74) is 2.87. The van der Waals surface area contributed by atoms with Gasteiger partial charge >= 0.3 is 0 Å². The van der Waals surface area contributed by atoms with Crippen LogP contribution in [0, 0.1) is 19.8 Å². The van der Waals surface area contributed by atoms with Crippen molar-refractivity contribution in [1.82, 2.24) is 9.80 Å². The third-order valence-electron chi connectivity index (χ3n) is 4.71. The van der Waals surface area contributed by atoms with E-state index in [0.29, 0.717) is 5.92 Å². The Morgan fingerprint density at radius 2 is 2.11 bits per heavy atom. The van der Waals surface area contributed by atoms with E-state index in [9.17, 15) is 9.59 Å². The lowest BCUT2D eigenvalue weighted by Gasteiger charge is -2.32. The predicted molar refractivity (Wildman–Crippen MR) is 117 cm³/mol. The molecule has 1 saturated heterocycles. The van der Waals surface area contributed by atoms with Crippen molar-refractivity contribution in [2.24, 2.45) is 5.92 Å². The Balaban J connectivity index is 1.78. The number of aryl methyl sites for hydroxylation is 2. The molecule has 1 fully saturated rings. The number of thioether (sulfide) groups is 1. The van der Waals surface area contributed by atoms with Crippen molar-refractivity contribution in [3.05, 3.63) is 29.3 Å². The second-order valence-electron chi connectivity index (χ2n) is 7.36. The number of piperidine rings is 1. The van der Waals surface area contributed by atoms with Gasteiger partial charge in [0.05, 0.1) is 12.3 Å². The summed E-state index contributed by atoms with van der Waals surface area (Å²) in [5, 5.41) is 2.88. The fourth-order valence-electron chi connectivity index (χ4n) is 3.04. The summed E-state index contributed by atoms with van der Waals surface area (Å²) < 4.78 is 0.781. The number of benzene rings is 1. The van der Waals surface area contributed by atoms with E-state index in [-0.39, 0.29) is 24.1 Å². The van der Waals surface area contributed by atoms with Gasteiger partial charge in [0, 0.05) is 25.8 Å². The SMILES string of the molecule is Cc1ccc(C)c(NC(=O)CN(C)C(=O)CSC(=S)N2CCC[C@H](C)C2)c1. The number of anilines is 1. The number of thiocarbonyl (C=S) groups is 1. The molecule has 0 aromatic heterocycles. The molecule has 0 radical (unpaired) electrons. The van der Waals surface area contributed by atoms with Gasteiger partial charge in [-0.1, -0.05) is 43.0 Å². The van der Waals surface area contributed by atoms with E-state index < -0.39 is 0 Å². The number of nitrogens with zero attached hydrogens (tertiary/aromatic N) is 2. The highest BCUT2D eigenvalue weighted by Crippen LogP contribution is 2.20. The third-order valence-corrected chi connectivity index (χ3v) is 6.22. The Hall–Kier alpha value is -1.60. The molecular formula is C20H29N3O2S2. The van der Waals surface area contributed by atoms with Gasteiger partial charge in [-0.2, -0.15) is 0 Å². The molecule has 0 saturated carbocycles. The molecule has 1 N–H and O–H groups in total. The highest BCUT2D eigenvalue weighted by Gasteiger charge is 2.20. The molecule has 2 amide bonds. The standard InChI is InChI=1S/C20H29N3O2S2/c1-14-7-8-16(3)17(10-14)21-18(24)12-22(4)19(25)13-27-20(26)23-9-5-6-15(2)11-23/h7-8,10,15H,5-6,9,11-13H2,1-4H3,(H,21,24)/t15-/m0/s1. The van der Waals surface area contributed by atoms with Crippen LogP contribution in [0.4, 0.5) is 5.69 Å². The smallest absolute Gasteiger partial charge is 0.243 e. The average Bonchev–Trinajstić information content (AvgIpc) is 2.62. The Labute approximate surface area is 171 Å². The second kappa shape index (κ2) is 10.1. The summed E-state index contributed by atoms with van der Waals surface area (Å²) >= 11 is 6.86. The molecule has 1 aliphatic heterocycles. The van der Waals surface area contributed by atoms with Gasteiger partial charge in [0.15, 0.2) is 0 Å². The molecule has 1 heterocycles. The zero-order valence-electron chi connectivity index (χ0n) is 16.6. The molecule has 1 atom stereocenters. The summed E-state index contributed by atoms with van der Waals surface area (Å²) in [7, 11) is 1.65. The fourth-order valence-corrected chi connectivity index (χ4v) is 4.20. The Morgan fingerprint density at radius 1 is 1.37 bits per heavy atom. The van der Waals surface area contributed by atoms with Crippen molar-refractivity contribution in [3.8, 4) is 0 Å². The number of carbonyl (C=O) groups is 2. The number of amides is 2. The van der Waals surface area contributed by atoms with E-state index in [1.165, 1.54) is 23.1 Å². The van der Waals surface area contributed by atoms with Gasteiger partial charge in [0.2, 0.25) is 11.8 Å². The molecule has 27 heavy (non-hydrogen) atoms. The van der Waals surface area contributed by atoms with Crippen LogP contribution in [0.2, 0.25) is 0 Å². The minimum atomic E-state index is -0.197. The van der Waals surface area contributed by atoms with Crippen LogP contribution in [0.5, 0.6) is 0 Å². The lowest BCUT2D eigenvalue weighted by atomic mass is 10.0. The first-order valence-corrected chi connectivity index (χ1v) is 10.7. The van der Waals surface area contributed by atoms with Crippen molar-refractivity contribution >= 4 is 45.8 Å². The van der Waals surface area contributed by atoms with E-state index in [0.717, 1.165) is 40.6 Å². The molecule has 1 aromatic carbocycles. The van der Waals surface area contributed by atoms with Gasteiger partial charge in [0.25, 0.3) is 0 Å². The largest absolute Gasteiger partial charge is 0.357 e. The van der Waals surface area contributed by atoms with Crippen LogP contribution in [0.15, 0.2) is 18.2 Å². The first-order chi connectivity index (χ1) is 12.8. The highest BCUT2D eigenvalue weighted by molar-refractivity contribution is 8.23. The van der Waals surface area contributed by atoms with Crippen LogP contribution in [-0.2, 0) is 9.59 Å². The molecule has 0 aliphatic carbocycles. The summed E-state index contributed by atoms with van der Waals surface area (Å²) in [5.74, 6) is 0.613. The van der Waals surface area contributed by atoms with Crippen LogP contribution in [0.25, 0.3) is 0 Å². The quantitative estimate of drug-likeness (QED) is 0.758. The molecule has 1 aromatic rings. The number of hydrogen-bond acceptors (Lipinski definition) is 4. The van der Waals surface area contributed by atoms with E-state index in [2.05, 4.69) is 17.1 Å². The van der Waals surface area contributed by atoms with Crippen LogP contribution < -0.4 is 5.32 Å². The molecule has 2 rings (SSSR count). The molecule has 1 aliphatic rings. The van der Waals surface area contributed by atoms with Gasteiger partial charge in [-0.15, -0.1) is 0 Å². The summed E-state index contributed by atoms with van der Waals surface area (Å²) in [4.78, 5) is 28.3. The number of likely N-dealkylation sites (N-methyl/N-ethyl adjacent to an activating group) is 1. The van der Waals surface area contributed by atoms with Crippen molar-refractivity contribution in [1.29, 1.82) is 0 Å². The van der Waals surface area contributed by atoms with Crippen LogP contribution in [-0.4, -0.2) is 58.4 Å². The zero-order valence-corrected chi connectivity index (χ0v) is 18.2. The van der Waals surface area contributed by atoms with Crippen molar-refractivity contribution < 1.29 is 9.59 Å². The Morgan fingerprint density at radius 3 is 2.81 bits per heavy atom. The number of carbonyl (C=O) groups excluding carboxylic acids is 2. The van der Waals surface area contributed by atoms with E-state index in [1.54, 1.807) is 7.05 Å². The van der Waals surface area contributed by atoms with Crippen molar-refractivity contribution in [2.75, 3.05) is 37.8 Å². The molecule has 0 bridgehead atoms. The summed E-state index contributed by atoms with van der Waals surface area (Å²) in [6, 6.07) is 5.91. The fraction of sp³-hybridized carbons (Fsp3) is 0.550.